The molecule has 0 saturated heterocycles. The molecule has 0 radical (unpaired) electrons. The fourth-order valence-corrected chi connectivity index (χ4v) is 4.04. The fraction of sp³-hybridized carbons (Fsp3) is 0.316. The van der Waals surface area contributed by atoms with Crippen molar-refractivity contribution in [1.82, 2.24) is 15.2 Å². The molecule has 2 heterocycles. The first-order chi connectivity index (χ1) is 12.7. The highest BCUT2D eigenvalue weighted by molar-refractivity contribution is 6.33. The SMILES string of the molecule is N#Cc1cc2c(c(Cl)c1OCCCl)CCCC2c1ccc2[nH]ncc2n1. The molecule has 0 amide bonds. The van der Waals surface area contributed by atoms with Crippen LogP contribution < -0.4 is 4.74 Å². The number of nitrogens with zero attached hydrogens (tertiary/aromatic N) is 3. The Morgan fingerprint density at radius 2 is 2.27 bits per heavy atom. The van der Waals surface area contributed by atoms with Gasteiger partial charge >= 0.3 is 0 Å². The van der Waals surface area contributed by atoms with Crippen LogP contribution in [0, 0.1) is 11.3 Å². The zero-order valence-electron chi connectivity index (χ0n) is 13.9. The molecule has 3 aromatic rings. The van der Waals surface area contributed by atoms with Crippen LogP contribution in [0.15, 0.2) is 24.4 Å². The van der Waals surface area contributed by atoms with E-state index in [1.54, 1.807) is 6.20 Å². The second-order valence-electron chi connectivity index (χ2n) is 6.27. The van der Waals surface area contributed by atoms with Gasteiger partial charge in [0.25, 0.3) is 0 Å². The van der Waals surface area contributed by atoms with E-state index in [0.29, 0.717) is 28.8 Å². The maximum absolute atomic E-state index is 9.56. The Labute approximate surface area is 160 Å². The Hall–Kier alpha value is -2.29. The van der Waals surface area contributed by atoms with E-state index in [1.807, 2.05) is 18.2 Å². The number of hydrogen-bond acceptors (Lipinski definition) is 4. The molecule has 5 nitrogen and oxygen atoms in total. The van der Waals surface area contributed by atoms with E-state index in [0.717, 1.165) is 47.1 Å². The highest BCUT2D eigenvalue weighted by atomic mass is 35.5. The van der Waals surface area contributed by atoms with E-state index >= 15 is 0 Å². The number of halogens is 2. The van der Waals surface area contributed by atoms with Gasteiger partial charge in [-0.15, -0.1) is 11.6 Å². The number of rotatable bonds is 4. The number of nitrogens with one attached hydrogen (secondary N) is 1. The van der Waals surface area contributed by atoms with Gasteiger partial charge in [0, 0.05) is 11.6 Å². The molecule has 0 saturated carbocycles. The summed E-state index contributed by atoms with van der Waals surface area (Å²) in [5.74, 6) is 0.882. The van der Waals surface area contributed by atoms with Crippen molar-refractivity contribution in [2.45, 2.75) is 25.2 Å². The summed E-state index contributed by atoms with van der Waals surface area (Å²) in [5, 5.41) is 17.0. The maximum atomic E-state index is 9.56. The molecule has 1 unspecified atom stereocenters. The molecular weight excluding hydrogens is 371 g/mol. The third-order valence-corrected chi connectivity index (χ3v) is 5.33. The predicted octanol–water partition coefficient (Wildman–Crippen LogP) is 4.57. The Morgan fingerprint density at radius 3 is 3.08 bits per heavy atom. The largest absolute Gasteiger partial charge is 0.489 e. The molecule has 1 aliphatic carbocycles. The number of fused-ring (bicyclic) bond motifs is 2. The Balaban J connectivity index is 1.82. The average Bonchev–Trinajstić information content (AvgIpc) is 3.14. The van der Waals surface area contributed by atoms with Gasteiger partial charge in [-0.05, 0) is 48.6 Å². The molecule has 0 aliphatic heterocycles. The molecule has 1 N–H and O–H groups in total. The number of ether oxygens (including phenoxy) is 1. The number of alkyl halides is 1. The Bertz CT molecular complexity index is 1010. The lowest BCUT2D eigenvalue weighted by molar-refractivity contribution is 0.341. The first kappa shape index (κ1) is 17.1. The highest BCUT2D eigenvalue weighted by Crippen LogP contribution is 2.44. The molecule has 2 aromatic heterocycles. The Morgan fingerprint density at radius 1 is 1.38 bits per heavy atom. The molecule has 0 bridgehead atoms. The van der Waals surface area contributed by atoms with Gasteiger partial charge in [0.1, 0.15) is 18.2 Å². The minimum Gasteiger partial charge on any atom is -0.489 e. The third kappa shape index (κ3) is 2.90. The topological polar surface area (TPSA) is 74.6 Å². The van der Waals surface area contributed by atoms with E-state index in [9.17, 15) is 5.26 Å². The average molecular weight is 387 g/mol. The van der Waals surface area contributed by atoms with Crippen LogP contribution >= 0.6 is 23.2 Å². The van der Waals surface area contributed by atoms with Gasteiger partial charge < -0.3 is 4.74 Å². The van der Waals surface area contributed by atoms with Crippen molar-refractivity contribution >= 4 is 34.2 Å². The molecule has 4 rings (SSSR count). The van der Waals surface area contributed by atoms with Crippen LogP contribution in [0.1, 0.15) is 41.1 Å². The van der Waals surface area contributed by atoms with Crippen molar-refractivity contribution in [3.63, 3.8) is 0 Å². The molecule has 1 aromatic carbocycles. The second kappa shape index (κ2) is 7.14. The van der Waals surface area contributed by atoms with Crippen molar-refractivity contribution in [1.29, 1.82) is 5.26 Å². The van der Waals surface area contributed by atoms with Crippen LogP contribution in [0.25, 0.3) is 11.0 Å². The molecule has 0 fully saturated rings. The highest BCUT2D eigenvalue weighted by Gasteiger charge is 2.28. The van der Waals surface area contributed by atoms with Crippen molar-refractivity contribution < 1.29 is 4.74 Å². The van der Waals surface area contributed by atoms with Crippen LogP contribution in [-0.2, 0) is 6.42 Å². The van der Waals surface area contributed by atoms with Gasteiger partial charge in [-0.3, -0.25) is 5.10 Å². The summed E-state index contributed by atoms with van der Waals surface area (Å²) in [5.41, 5.74) is 5.25. The number of hydrogen-bond donors (Lipinski definition) is 1. The molecule has 132 valence electrons. The quantitative estimate of drug-likeness (QED) is 0.666. The number of aromatic nitrogens is 3. The normalized spacial score (nSPS) is 16.3. The van der Waals surface area contributed by atoms with Gasteiger partial charge in [0.15, 0.2) is 5.75 Å². The minimum atomic E-state index is 0.102. The molecule has 1 aliphatic rings. The van der Waals surface area contributed by atoms with Crippen molar-refractivity contribution in [3.05, 3.63) is 51.8 Å². The van der Waals surface area contributed by atoms with Gasteiger partial charge in [0.05, 0.1) is 28.2 Å². The van der Waals surface area contributed by atoms with E-state index in [2.05, 4.69) is 16.3 Å². The molecule has 1 atom stereocenters. The summed E-state index contributed by atoms with van der Waals surface area (Å²) in [7, 11) is 0. The van der Waals surface area contributed by atoms with Crippen molar-refractivity contribution in [2.24, 2.45) is 0 Å². The number of aromatic amines is 1. The molecule has 0 spiro atoms. The summed E-state index contributed by atoms with van der Waals surface area (Å²) in [4.78, 5) is 4.75. The number of pyridine rings is 1. The predicted molar refractivity (Wildman–Crippen MR) is 101 cm³/mol. The zero-order valence-corrected chi connectivity index (χ0v) is 15.4. The fourth-order valence-electron chi connectivity index (χ4n) is 3.61. The van der Waals surface area contributed by atoms with Gasteiger partial charge in [0.2, 0.25) is 0 Å². The summed E-state index contributed by atoms with van der Waals surface area (Å²) >= 11 is 12.3. The summed E-state index contributed by atoms with van der Waals surface area (Å²) < 4.78 is 5.65. The summed E-state index contributed by atoms with van der Waals surface area (Å²) in [6.45, 7) is 0.316. The first-order valence-corrected chi connectivity index (χ1v) is 9.38. The van der Waals surface area contributed by atoms with Crippen molar-refractivity contribution in [3.8, 4) is 11.8 Å². The van der Waals surface area contributed by atoms with Crippen LogP contribution in [0.5, 0.6) is 5.75 Å². The smallest absolute Gasteiger partial charge is 0.155 e. The number of H-pyrrole nitrogens is 1. The molecule has 26 heavy (non-hydrogen) atoms. The van der Waals surface area contributed by atoms with E-state index in [4.69, 9.17) is 32.9 Å². The standard InChI is InChI=1S/C19H16Cl2N4O/c20-6-7-26-19-11(9-22)8-14-12(2-1-3-13(14)18(19)21)15-4-5-16-17(24-15)10-23-25-16/h4-5,8,10,12H,1-3,6-7H2,(H,23,25). The van der Waals surface area contributed by atoms with Crippen LogP contribution in [0.2, 0.25) is 5.02 Å². The summed E-state index contributed by atoms with van der Waals surface area (Å²) in [6, 6.07) is 8.11. The molecule has 7 heteroatoms. The van der Waals surface area contributed by atoms with Crippen LogP contribution in [-0.4, -0.2) is 27.7 Å². The lowest BCUT2D eigenvalue weighted by atomic mass is 9.79. The van der Waals surface area contributed by atoms with Gasteiger partial charge in [-0.2, -0.15) is 10.4 Å². The van der Waals surface area contributed by atoms with Gasteiger partial charge in [-0.25, -0.2) is 4.98 Å². The van der Waals surface area contributed by atoms with Gasteiger partial charge in [-0.1, -0.05) is 11.6 Å². The van der Waals surface area contributed by atoms with Crippen LogP contribution in [0.4, 0.5) is 0 Å². The van der Waals surface area contributed by atoms with Crippen LogP contribution in [0.3, 0.4) is 0 Å². The lowest BCUT2D eigenvalue weighted by Crippen LogP contribution is -2.14. The third-order valence-electron chi connectivity index (χ3n) is 4.77. The number of benzene rings is 1. The summed E-state index contributed by atoms with van der Waals surface area (Å²) in [6.07, 6.45) is 4.55. The second-order valence-corrected chi connectivity index (χ2v) is 7.02. The zero-order chi connectivity index (χ0) is 18.1. The minimum absolute atomic E-state index is 0.102. The lowest BCUT2D eigenvalue weighted by Gasteiger charge is -2.27. The van der Waals surface area contributed by atoms with Crippen molar-refractivity contribution in [2.75, 3.05) is 12.5 Å². The molecular formula is C19H16Cl2N4O. The van der Waals surface area contributed by atoms with E-state index in [-0.39, 0.29) is 5.92 Å². The Kier molecular flexibility index (Phi) is 4.71. The maximum Gasteiger partial charge on any atom is 0.155 e. The van der Waals surface area contributed by atoms with E-state index in [1.165, 1.54) is 0 Å². The monoisotopic (exact) mass is 386 g/mol. The number of nitriles is 1. The first-order valence-electron chi connectivity index (χ1n) is 8.47. The van der Waals surface area contributed by atoms with E-state index < -0.39 is 0 Å².